The summed E-state index contributed by atoms with van der Waals surface area (Å²) in [6.45, 7) is 0.521. The predicted octanol–water partition coefficient (Wildman–Crippen LogP) is 4.96. The van der Waals surface area contributed by atoms with Gasteiger partial charge in [0, 0.05) is 50.1 Å². The highest BCUT2D eigenvalue weighted by Crippen LogP contribution is 2.42. The van der Waals surface area contributed by atoms with Crippen LogP contribution < -0.4 is 14.9 Å². The molecule has 0 aliphatic carbocycles. The quantitative estimate of drug-likeness (QED) is 0.273. The zero-order chi connectivity index (χ0) is 29.8. The Morgan fingerprint density at radius 1 is 1.12 bits per heavy atom. The average Bonchev–Trinajstić information content (AvgIpc) is 3.68. The smallest absolute Gasteiger partial charge is 0.255 e. The lowest BCUT2D eigenvalue weighted by atomic mass is 9.91. The Morgan fingerprint density at radius 2 is 1.88 bits per heavy atom. The molecule has 2 atom stereocenters. The highest BCUT2D eigenvalue weighted by atomic mass is 32.2. The molecule has 1 amide bonds. The van der Waals surface area contributed by atoms with E-state index in [4.69, 9.17) is 8.83 Å². The maximum absolute atomic E-state index is 14.1. The second-order valence-electron chi connectivity index (χ2n) is 10.5. The van der Waals surface area contributed by atoms with E-state index in [0.29, 0.717) is 58.6 Å². The Kier molecular flexibility index (Phi) is 6.98. The number of halogens is 2. The molecular formula is C30H28F2N4O5S. The summed E-state index contributed by atoms with van der Waals surface area (Å²) in [4.78, 5) is 17.4. The van der Waals surface area contributed by atoms with Gasteiger partial charge in [-0.2, -0.15) is 0 Å². The Balaban J connectivity index is 1.42. The molecule has 0 spiro atoms. The molecule has 0 saturated carbocycles. The van der Waals surface area contributed by atoms with Gasteiger partial charge in [-0.3, -0.25) is 9.10 Å². The lowest BCUT2D eigenvalue weighted by molar-refractivity contribution is 0.0964. The topological polar surface area (TPSA) is 118 Å². The van der Waals surface area contributed by atoms with E-state index in [-0.39, 0.29) is 28.8 Å². The third kappa shape index (κ3) is 5.01. The molecule has 9 nitrogen and oxygen atoms in total. The summed E-state index contributed by atoms with van der Waals surface area (Å²) >= 11 is 0. The van der Waals surface area contributed by atoms with E-state index in [9.17, 15) is 22.0 Å². The number of rotatable bonds is 7. The summed E-state index contributed by atoms with van der Waals surface area (Å²) in [6.07, 6.45) is 2.13. The Hall–Kier alpha value is -4.29. The normalized spacial score (nSPS) is 17.3. The van der Waals surface area contributed by atoms with E-state index in [2.05, 4.69) is 15.6 Å². The molecule has 1 aliphatic rings. The number of carbonyl (C=O) groups is 1. The first-order valence-electron chi connectivity index (χ1n) is 13.3. The van der Waals surface area contributed by atoms with Gasteiger partial charge in [-0.05, 0) is 60.4 Å². The number of oxazole rings is 1. The zero-order valence-electron chi connectivity index (χ0n) is 23.1. The van der Waals surface area contributed by atoms with E-state index in [1.165, 1.54) is 48.7 Å². The molecule has 2 N–H and O–H groups in total. The second kappa shape index (κ2) is 10.5. The summed E-state index contributed by atoms with van der Waals surface area (Å²) < 4.78 is 66.2. The van der Waals surface area contributed by atoms with E-state index in [1.807, 2.05) is 0 Å². The van der Waals surface area contributed by atoms with Crippen LogP contribution in [0.25, 0.3) is 33.4 Å². The van der Waals surface area contributed by atoms with Crippen molar-refractivity contribution < 1.29 is 30.8 Å². The van der Waals surface area contributed by atoms with Gasteiger partial charge in [-0.15, -0.1) is 0 Å². The number of para-hydroxylation sites is 1. The van der Waals surface area contributed by atoms with Crippen molar-refractivity contribution in [3.8, 4) is 11.3 Å². The molecule has 12 heteroatoms. The first-order valence-corrected chi connectivity index (χ1v) is 15.2. The molecule has 2 aromatic heterocycles. The molecule has 0 bridgehead atoms. The van der Waals surface area contributed by atoms with Gasteiger partial charge in [0.1, 0.15) is 22.7 Å². The minimum atomic E-state index is -3.65. The number of fused-ring (bicyclic) bond motifs is 2. The van der Waals surface area contributed by atoms with E-state index < -0.39 is 27.6 Å². The van der Waals surface area contributed by atoms with E-state index in [0.717, 1.165) is 6.26 Å². The monoisotopic (exact) mass is 594 g/mol. The number of aromatic nitrogens is 1. The fourth-order valence-corrected chi connectivity index (χ4v) is 6.07. The Morgan fingerprint density at radius 3 is 2.57 bits per heavy atom. The maximum Gasteiger partial charge on any atom is 0.255 e. The molecule has 1 saturated heterocycles. The number of furan rings is 1. The average molecular weight is 595 g/mol. The van der Waals surface area contributed by atoms with Crippen molar-refractivity contribution in [3.63, 3.8) is 0 Å². The zero-order valence-corrected chi connectivity index (χ0v) is 23.9. The molecule has 3 heterocycles. The number of hydrogen-bond acceptors (Lipinski definition) is 7. The first-order chi connectivity index (χ1) is 20.0. The van der Waals surface area contributed by atoms with Crippen molar-refractivity contribution in [2.75, 3.05) is 31.2 Å². The van der Waals surface area contributed by atoms with Crippen LogP contribution in [0.3, 0.4) is 0 Å². The minimum absolute atomic E-state index is 0.0734. The second-order valence-corrected chi connectivity index (χ2v) is 12.5. The van der Waals surface area contributed by atoms with Gasteiger partial charge < -0.3 is 19.5 Å². The summed E-state index contributed by atoms with van der Waals surface area (Å²) in [5, 5.41) is 6.60. The molecule has 6 rings (SSSR count). The largest absolute Gasteiger partial charge is 0.455 e. The van der Waals surface area contributed by atoms with Crippen LogP contribution in [-0.4, -0.2) is 52.2 Å². The van der Waals surface area contributed by atoms with Gasteiger partial charge >= 0.3 is 0 Å². The van der Waals surface area contributed by atoms with Crippen molar-refractivity contribution in [1.82, 2.24) is 15.6 Å². The van der Waals surface area contributed by atoms with Crippen LogP contribution in [0.1, 0.15) is 34.2 Å². The fraction of sp³-hybridized carbons (Fsp3) is 0.267. The van der Waals surface area contributed by atoms with Gasteiger partial charge in [0.15, 0.2) is 17.3 Å². The number of sulfonamides is 1. The van der Waals surface area contributed by atoms with Crippen molar-refractivity contribution >= 4 is 43.7 Å². The van der Waals surface area contributed by atoms with Crippen LogP contribution in [-0.2, 0) is 16.4 Å². The number of nitrogens with zero attached hydrogens (tertiary/aromatic N) is 2. The van der Waals surface area contributed by atoms with Crippen LogP contribution in [0, 0.1) is 11.6 Å². The Labute approximate surface area is 240 Å². The molecule has 1 fully saturated rings. The third-order valence-corrected chi connectivity index (χ3v) is 8.92. The van der Waals surface area contributed by atoms with Gasteiger partial charge in [0.05, 0.1) is 17.5 Å². The van der Waals surface area contributed by atoms with Crippen molar-refractivity contribution in [1.29, 1.82) is 0 Å². The molecule has 5 aromatic rings. The number of benzene rings is 3. The van der Waals surface area contributed by atoms with Crippen molar-refractivity contribution in [2.45, 2.75) is 24.8 Å². The first kappa shape index (κ1) is 27.9. The maximum atomic E-state index is 14.1. The van der Waals surface area contributed by atoms with Gasteiger partial charge in [-0.25, -0.2) is 22.2 Å². The standard InChI is InChI=1S/C30H28F2N4O5S/c1-33-30(37)27-21-13-20(17-11-19(34-15-17)12-26-35-28-22(32)5-4-6-24(28)40-26)23(36(2)42(3,38)39)14-25(21)41-29(27)16-7-9-18(31)10-8-16/h4-10,13-14,17,19,34H,11-12,15H2,1-3H3,(H,33,37)/t17?,19-/m0/s1. The molecule has 218 valence electrons. The van der Waals surface area contributed by atoms with Gasteiger partial charge in [0.25, 0.3) is 5.91 Å². The highest BCUT2D eigenvalue weighted by molar-refractivity contribution is 7.92. The van der Waals surface area contributed by atoms with E-state index in [1.54, 1.807) is 24.3 Å². The molecule has 1 aliphatic heterocycles. The SMILES string of the molecule is CNC(=O)c1c(-c2ccc(F)cc2)oc2cc(N(C)S(C)(=O)=O)c(C3CN[C@H](Cc4nc5c(F)cccc5o4)C3)cc12. The predicted molar refractivity (Wildman–Crippen MR) is 155 cm³/mol. The van der Waals surface area contributed by atoms with Crippen LogP contribution in [0.2, 0.25) is 0 Å². The lowest BCUT2D eigenvalue weighted by Gasteiger charge is -2.23. The summed E-state index contributed by atoms with van der Waals surface area (Å²) in [5.41, 5.74) is 2.78. The minimum Gasteiger partial charge on any atom is -0.455 e. The van der Waals surface area contributed by atoms with Crippen molar-refractivity contribution in [2.24, 2.45) is 0 Å². The van der Waals surface area contributed by atoms with E-state index >= 15 is 0 Å². The summed E-state index contributed by atoms with van der Waals surface area (Å²) in [5.74, 6) is -0.760. The fourth-order valence-electron chi connectivity index (χ4n) is 5.55. The number of nitrogens with one attached hydrogen (secondary N) is 2. The highest BCUT2D eigenvalue weighted by Gasteiger charge is 2.32. The lowest BCUT2D eigenvalue weighted by Crippen LogP contribution is -2.26. The van der Waals surface area contributed by atoms with Crippen LogP contribution in [0.15, 0.2) is 63.4 Å². The summed E-state index contributed by atoms with van der Waals surface area (Å²) in [6, 6.07) is 13.5. The number of carbonyl (C=O) groups excluding carboxylic acids is 1. The molecule has 0 radical (unpaired) electrons. The van der Waals surface area contributed by atoms with Crippen molar-refractivity contribution in [3.05, 3.63) is 83.2 Å². The Bertz CT molecular complexity index is 1930. The molecule has 3 aromatic carbocycles. The van der Waals surface area contributed by atoms with Crippen LogP contribution >= 0.6 is 0 Å². The van der Waals surface area contributed by atoms with Gasteiger partial charge in [0.2, 0.25) is 10.0 Å². The van der Waals surface area contributed by atoms with Gasteiger partial charge in [-0.1, -0.05) is 6.07 Å². The molecular weight excluding hydrogens is 566 g/mol. The molecule has 1 unspecified atom stereocenters. The van der Waals surface area contributed by atoms with Crippen LogP contribution in [0.5, 0.6) is 0 Å². The summed E-state index contributed by atoms with van der Waals surface area (Å²) in [7, 11) is -0.675. The van der Waals surface area contributed by atoms with Crippen LogP contribution in [0.4, 0.5) is 14.5 Å². The number of anilines is 1. The molecule has 42 heavy (non-hydrogen) atoms. The number of hydrogen-bond donors (Lipinski definition) is 2. The number of amides is 1. The third-order valence-electron chi connectivity index (χ3n) is 7.73.